The summed E-state index contributed by atoms with van der Waals surface area (Å²) in [5, 5.41) is 0. The lowest BCUT2D eigenvalue weighted by molar-refractivity contribution is 0.209. The summed E-state index contributed by atoms with van der Waals surface area (Å²) in [6, 6.07) is 2.30. The Balaban J connectivity index is 2.27. The van der Waals surface area contributed by atoms with Crippen LogP contribution in [0.1, 0.15) is 25.1 Å². The first-order valence-electron chi connectivity index (χ1n) is 5.45. The molecule has 1 aliphatic rings. The van der Waals surface area contributed by atoms with E-state index in [0.29, 0.717) is 12.0 Å². The van der Waals surface area contributed by atoms with Gasteiger partial charge in [0.15, 0.2) is 0 Å². The lowest BCUT2D eigenvalue weighted by atomic mass is 9.98. The van der Waals surface area contributed by atoms with Crippen LogP contribution >= 0.6 is 15.9 Å². The van der Waals surface area contributed by atoms with E-state index in [4.69, 9.17) is 10.2 Å². The highest BCUT2D eigenvalue weighted by Gasteiger charge is 2.36. The zero-order valence-electron chi connectivity index (χ0n) is 8.95. The fraction of sp³-hybridized carbons (Fsp3) is 0.636. The standard InChI is InChI=1S/C11H17BrN2O/c1-2-14-5-3-8(7-13)10(14)11-9(12)4-6-15-11/h4,6,8,10H,2-3,5,7,13H2,1H3. The molecule has 3 nitrogen and oxygen atoms in total. The highest BCUT2D eigenvalue weighted by atomic mass is 79.9. The molecule has 2 N–H and O–H groups in total. The predicted octanol–water partition coefficient (Wildman–Crippen LogP) is 2.38. The molecule has 1 aliphatic heterocycles. The van der Waals surface area contributed by atoms with E-state index in [2.05, 4.69) is 27.8 Å². The summed E-state index contributed by atoms with van der Waals surface area (Å²) in [5.74, 6) is 1.55. The third-order valence-electron chi connectivity index (χ3n) is 3.25. The molecule has 1 saturated heterocycles. The Bertz CT molecular complexity index is 314. The summed E-state index contributed by atoms with van der Waals surface area (Å²) < 4.78 is 6.63. The molecule has 15 heavy (non-hydrogen) atoms. The fourth-order valence-electron chi connectivity index (χ4n) is 2.42. The van der Waals surface area contributed by atoms with Crippen molar-refractivity contribution in [1.29, 1.82) is 0 Å². The molecule has 0 spiro atoms. The third-order valence-corrected chi connectivity index (χ3v) is 3.90. The number of halogens is 1. The van der Waals surface area contributed by atoms with Crippen LogP contribution in [0.2, 0.25) is 0 Å². The summed E-state index contributed by atoms with van der Waals surface area (Å²) in [5.41, 5.74) is 5.81. The van der Waals surface area contributed by atoms with Gasteiger partial charge in [-0.2, -0.15) is 0 Å². The first kappa shape index (κ1) is 11.2. The van der Waals surface area contributed by atoms with Crippen molar-refractivity contribution in [3.63, 3.8) is 0 Å². The van der Waals surface area contributed by atoms with Gasteiger partial charge in [-0.15, -0.1) is 0 Å². The Hall–Kier alpha value is -0.320. The molecule has 2 rings (SSSR count). The number of nitrogens with two attached hydrogens (primary N) is 1. The number of likely N-dealkylation sites (tertiary alicyclic amines) is 1. The van der Waals surface area contributed by atoms with Crippen LogP contribution < -0.4 is 5.73 Å². The van der Waals surface area contributed by atoms with E-state index < -0.39 is 0 Å². The van der Waals surface area contributed by atoms with Crippen molar-refractivity contribution < 1.29 is 4.42 Å². The summed E-state index contributed by atoms with van der Waals surface area (Å²) in [6.45, 7) is 5.08. The topological polar surface area (TPSA) is 42.4 Å². The fourth-order valence-corrected chi connectivity index (χ4v) is 2.86. The normalized spacial score (nSPS) is 27.4. The van der Waals surface area contributed by atoms with Crippen molar-refractivity contribution >= 4 is 15.9 Å². The maximum absolute atomic E-state index is 5.81. The number of nitrogens with zero attached hydrogens (tertiary/aromatic N) is 1. The number of rotatable bonds is 3. The second-order valence-electron chi connectivity index (χ2n) is 3.99. The highest BCUT2D eigenvalue weighted by Crippen LogP contribution is 2.39. The molecule has 1 aromatic heterocycles. The highest BCUT2D eigenvalue weighted by molar-refractivity contribution is 9.10. The largest absolute Gasteiger partial charge is 0.466 e. The van der Waals surface area contributed by atoms with Crippen molar-refractivity contribution in [2.24, 2.45) is 11.7 Å². The number of hydrogen-bond donors (Lipinski definition) is 1. The molecular weight excluding hydrogens is 256 g/mol. The van der Waals surface area contributed by atoms with Crippen LogP contribution in [0.15, 0.2) is 21.2 Å². The average Bonchev–Trinajstić information content (AvgIpc) is 2.82. The lowest BCUT2D eigenvalue weighted by Gasteiger charge is -2.25. The Morgan fingerprint density at radius 1 is 1.67 bits per heavy atom. The van der Waals surface area contributed by atoms with Gasteiger partial charge >= 0.3 is 0 Å². The molecule has 84 valence electrons. The van der Waals surface area contributed by atoms with Gasteiger partial charge in [0, 0.05) is 0 Å². The zero-order valence-corrected chi connectivity index (χ0v) is 10.5. The van der Waals surface area contributed by atoms with E-state index in [-0.39, 0.29) is 0 Å². The number of hydrogen-bond acceptors (Lipinski definition) is 3. The molecule has 0 bridgehead atoms. The van der Waals surface area contributed by atoms with Crippen LogP contribution in [0.25, 0.3) is 0 Å². The van der Waals surface area contributed by atoms with Crippen LogP contribution in [-0.2, 0) is 0 Å². The minimum absolute atomic E-state index is 0.351. The minimum atomic E-state index is 0.351. The van der Waals surface area contributed by atoms with Gasteiger partial charge in [0.1, 0.15) is 5.76 Å². The van der Waals surface area contributed by atoms with Gasteiger partial charge in [-0.05, 0) is 54.0 Å². The maximum atomic E-state index is 5.81. The molecule has 2 atom stereocenters. The lowest BCUT2D eigenvalue weighted by Crippen LogP contribution is -2.27. The third kappa shape index (κ3) is 1.98. The molecule has 0 amide bonds. The van der Waals surface area contributed by atoms with Crippen LogP contribution in [0.3, 0.4) is 0 Å². The van der Waals surface area contributed by atoms with Crippen LogP contribution in [0.4, 0.5) is 0 Å². The summed E-state index contributed by atoms with van der Waals surface area (Å²) in [4.78, 5) is 2.43. The zero-order chi connectivity index (χ0) is 10.8. The first-order chi connectivity index (χ1) is 7.27. The van der Waals surface area contributed by atoms with Crippen LogP contribution in [0, 0.1) is 5.92 Å². The smallest absolute Gasteiger partial charge is 0.135 e. The first-order valence-corrected chi connectivity index (χ1v) is 6.24. The molecule has 0 saturated carbocycles. The molecular formula is C11H17BrN2O. The van der Waals surface area contributed by atoms with Gasteiger partial charge in [0.25, 0.3) is 0 Å². The van der Waals surface area contributed by atoms with Crippen molar-refractivity contribution in [2.45, 2.75) is 19.4 Å². The van der Waals surface area contributed by atoms with E-state index in [9.17, 15) is 0 Å². The Kier molecular flexibility index (Phi) is 3.49. The Morgan fingerprint density at radius 3 is 3.00 bits per heavy atom. The SMILES string of the molecule is CCN1CCC(CN)C1c1occc1Br. The summed E-state index contributed by atoms with van der Waals surface area (Å²) in [6.07, 6.45) is 2.90. The van der Waals surface area contributed by atoms with Gasteiger partial charge in [-0.1, -0.05) is 6.92 Å². The van der Waals surface area contributed by atoms with Crippen molar-refractivity contribution in [3.05, 3.63) is 22.6 Å². The van der Waals surface area contributed by atoms with Gasteiger partial charge in [0.05, 0.1) is 16.8 Å². The second-order valence-corrected chi connectivity index (χ2v) is 4.85. The van der Waals surface area contributed by atoms with Crippen molar-refractivity contribution in [1.82, 2.24) is 4.90 Å². The van der Waals surface area contributed by atoms with E-state index in [1.807, 2.05) is 6.07 Å². The Morgan fingerprint density at radius 2 is 2.47 bits per heavy atom. The molecule has 4 heteroatoms. The van der Waals surface area contributed by atoms with Crippen molar-refractivity contribution in [2.75, 3.05) is 19.6 Å². The van der Waals surface area contributed by atoms with E-state index in [1.165, 1.54) is 6.42 Å². The monoisotopic (exact) mass is 272 g/mol. The average molecular weight is 273 g/mol. The molecule has 0 aliphatic carbocycles. The Labute approximate surface area is 98.7 Å². The maximum Gasteiger partial charge on any atom is 0.135 e. The van der Waals surface area contributed by atoms with E-state index in [0.717, 1.165) is 29.9 Å². The van der Waals surface area contributed by atoms with Crippen molar-refractivity contribution in [3.8, 4) is 0 Å². The van der Waals surface area contributed by atoms with Gasteiger partial charge < -0.3 is 10.2 Å². The van der Waals surface area contributed by atoms with Crippen LogP contribution in [-0.4, -0.2) is 24.5 Å². The summed E-state index contributed by atoms with van der Waals surface area (Å²) in [7, 11) is 0. The van der Waals surface area contributed by atoms with Gasteiger partial charge in [0.2, 0.25) is 0 Å². The molecule has 1 fully saturated rings. The molecule has 2 heterocycles. The van der Waals surface area contributed by atoms with Gasteiger partial charge in [-0.25, -0.2) is 0 Å². The molecule has 0 aromatic carbocycles. The predicted molar refractivity (Wildman–Crippen MR) is 63.6 cm³/mol. The molecule has 1 aromatic rings. The second kappa shape index (κ2) is 4.68. The van der Waals surface area contributed by atoms with Gasteiger partial charge in [-0.3, -0.25) is 4.90 Å². The van der Waals surface area contributed by atoms with Crippen LogP contribution in [0.5, 0.6) is 0 Å². The molecule has 0 radical (unpaired) electrons. The number of furan rings is 1. The minimum Gasteiger partial charge on any atom is -0.466 e. The summed E-state index contributed by atoms with van der Waals surface area (Å²) >= 11 is 3.53. The van der Waals surface area contributed by atoms with E-state index >= 15 is 0 Å². The van der Waals surface area contributed by atoms with E-state index in [1.54, 1.807) is 6.26 Å². The molecule has 2 unspecified atom stereocenters. The quantitative estimate of drug-likeness (QED) is 0.919.